The zero-order chi connectivity index (χ0) is 8.97. The topological polar surface area (TPSA) is 75.1 Å². The van der Waals surface area contributed by atoms with E-state index in [2.05, 4.69) is 15.3 Å². The maximum absolute atomic E-state index is 12.2. The summed E-state index contributed by atoms with van der Waals surface area (Å²) in [5.74, 6) is -1.49. The average molecular weight is 171 g/mol. The van der Waals surface area contributed by atoms with Crippen LogP contribution in [0.4, 0.5) is 10.3 Å². The van der Waals surface area contributed by atoms with Crippen molar-refractivity contribution in [3.05, 3.63) is 18.2 Å². The summed E-state index contributed by atoms with van der Waals surface area (Å²) >= 11 is 0. The van der Waals surface area contributed by atoms with Crippen LogP contribution >= 0.6 is 0 Å². The molecule has 1 rings (SSSR count). The van der Waals surface area contributed by atoms with Crippen LogP contribution in [0, 0.1) is 5.82 Å². The van der Waals surface area contributed by atoms with Gasteiger partial charge in [-0.25, -0.2) is 14.4 Å². The summed E-state index contributed by atoms with van der Waals surface area (Å²) in [6, 6.07) is 0. The van der Waals surface area contributed by atoms with Gasteiger partial charge in [0.2, 0.25) is 5.95 Å². The number of halogens is 1. The first-order valence-corrected chi connectivity index (χ1v) is 3.11. The third-order valence-corrected chi connectivity index (χ3v) is 1.02. The molecule has 0 aliphatic rings. The molecule has 0 radical (unpaired) electrons. The molecule has 0 saturated heterocycles. The molecule has 2 N–H and O–H groups in total. The lowest BCUT2D eigenvalue weighted by molar-refractivity contribution is -0.134. The Balaban J connectivity index is 2.53. The van der Waals surface area contributed by atoms with Crippen LogP contribution in [0.25, 0.3) is 0 Å². The molecule has 5 nitrogen and oxygen atoms in total. The fourth-order valence-corrected chi connectivity index (χ4v) is 0.558. The second-order valence-corrected chi connectivity index (χ2v) is 1.97. The molecule has 64 valence electrons. The Bertz CT molecular complexity index is 275. The Morgan fingerprint density at radius 3 is 2.67 bits per heavy atom. The number of hydrogen-bond donors (Lipinski definition) is 2. The first-order valence-electron chi connectivity index (χ1n) is 3.11. The monoisotopic (exact) mass is 171 g/mol. The highest BCUT2D eigenvalue weighted by atomic mass is 19.1. The summed E-state index contributed by atoms with van der Waals surface area (Å²) in [5, 5.41) is 10.6. The van der Waals surface area contributed by atoms with Crippen molar-refractivity contribution in [2.75, 3.05) is 11.9 Å². The van der Waals surface area contributed by atoms with E-state index in [9.17, 15) is 9.18 Å². The maximum atomic E-state index is 12.2. The van der Waals surface area contributed by atoms with Crippen molar-refractivity contribution < 1.29 is 14.3 Å². The Morgan fingerprint density at radius 1 is 1.58 bits per heavy atom. The Hall–Kier alpha value is -1.72. The zero-order valence-corrected chi connectivity index (χ0v) is 5.99. The van der Waals surface area contributed by atoms with Gasteiger partial charge in [-0.2, -0.15) is 0 Å². The van der Waals surface area contributed by atoms with Crippen LogP contribution in [0.1, 0.15) is 0 Å². The Kier molecular flexibility index (Phi) is 2.52. The molecule has 0 fully saturated rings. The van der Waals surface area contributed by atoms with Gasteiger partial charge in [0.1, 0.15) is 6.54 Å². The number of aliphatic carboxylic acids is 1. The molecule has 0 atom stereocenters. The van der Waals surface area contributed by atoms with Crippen molar-refractivity contribution in [2.24, 2.45) is 0 Å². The summed E-state index contributed by atoms with van der Waals surface area (Å²) in [4.78, 5) is 17.0. The average Bonchev–Trinajstić information content (AvgIpc) is 2.03. The molecule has 1 heterocycles. The van der Waals surface area contributed by atoms with E-state index in [0.29, 0.717) is 0 Å². The fourth-order valence-electron chi connectivity index (χ4n) is 0.558. The van der Waals surface area contributed by atoms with Gasteiger partial charge in [0.05, 0.1) is 12.4 Å². The van der Waals surface area contributed by atoms with Gasteiger partial charge >= 0.3 is 5.97 Å². The Morgan fingerprint density at radius 2 is 2.17 bits per heavy atom. The van der Waals surface area contributed by atoms with E-state index >= 15 is 0 Å². The Labute approximate surface area is 67.3 Å². The molecule has 0 amide bonds. The first-order chi connectivity index (χ1) is 5.68. The van der Waals surface area contributed by atoms with Crippen LogP contribution in [-0.4, -0.2) is 27.6 Å². The lowest BCUT2D eigenvalue weighted by atomic mass is 10.6. The molecule has 12 heavy (non-hydrogen) atoms. The van der Waals surface area contributed by atoms with Gasteiger partial charge in [-0.05, 0) is 0 Å². The number of nitrogens with one attached hydrogen (secondary N) is 1. The molecule has 0 saturated carbocycles. The van der Waals surface area contributed by atoms with E-state index in [1.54, 1.807) is 0 Å². The van der Waals surface area contributed by atoms with Gasteiger partial charge in [0.25, 0.3) is 0 Å². The van der Waals surface area contributed by atoms with E-state index < -0.39 is 11.8 Å². The first kappa shape index (κ1) is 8.38. The summed E-state index contributed by atoms with van der Waals surface area (Å²) in [5.41, 5.74) is 0. The molecule has 0 aliphatic carbocycles. The summed E-state index contributed by atoms with van der Waals surface area (Å²) in [6.45, 7) is -0.286. The van der Waals surface area contributed by atoms with E-state index in [-0.39, 0.29) is 12.5 Å². The highest BCUT2D eigenvalue weighted by Crippen LogP contribution is 1.96. The SMILES string of the molecule is O=C(O)CNc1ncc(F)cn1. The van der Waals surface area contributed by atoms with Crippen LogP contribution in [-0.2, 0) is 4.79 Å². The normalized spacial score (nSPS) is 9.42. The number of carboxylic acid groups (broad SMARTS) is 1. The van der Waals surface area contributed by atoms with Crippen LogP contribution in [0.5, 0.6) is 0 Å². The molecule has 0 spiro atoms. The molecular formula is C6H6FN3O2. The minimum absolute atomic E-state index is 0.0961. The van der Waals surface area contributed by atoms with Crippen LogP contribution < -0.4 is 5.32 Å². The molecule has 0 aromatic carbocycles. The van der Waals surface area contributed by atoms with Gasteiger partial charge in [0.15, 0.2) is 5.82 Å². The number of hydrogen-bond acceptors (Lipinski definition) is 4. The van der Waals surface area contributed by atoms with Crippen LogP contribution in [0.3, 0.4) is 0 Å². The molecule has 0 bridgehead atoms. The van der Waals surface area contributed by atoms with Crippen LogP contribution in [0.2, 0.25) is 0 Å². The number of carbonyl (C=O) groups is 1. The number of nitrogens with zero attached hydrogens (tertiary/aromatic N) is 2. The summed E-state index contributed by atoms with van der Waals surface area (Å²) < 4.78 is 12.2. The third kappa shape index (κ3) is 2.49. The smallest absolute Gasteiger partial charge is 0.322 e. The van der Waals surface area contributed by atoms with E-state index in [4.69, 9.17) is 5.11 Å². The van der Waals surface area contributed by atoms with E-state index in [0.717, 1.165) is 12.4 Å². The minimum atomic E-state index is -1.03. The standard InChI is InChI=1S/C6H6FN3O2/c7-4-1-8-6(9-2-4)10-3-5(11)12/h1-2H,3H2,(H,11,12)(H,8,9,10). The van der Waals surface area contributed by atoms with Crippen molar-refractivity contribution >= 4 is 11.9 Å². The van der Waals surface area contributed by atoms with Gasteiger partial charge in [-0.1, -0.05) is 0 Å². The number of anilines is 1. The van der Waals surface area contributed by atoms with Crippen molar-refractivity contribution in [1.82, 2.24) is 9.97 Å². The highest BCUT2D eigenvalue weighted by molar-refractivity contribution is 5.71. The van der Waals surface area contributed by atoms with Gasteiger partial charge in [-0.15, -0.1) is 0 Å². The van der Waals surface area contributed by atoms with Gasteiger partial charge in [-0.3, -0.25) is 4.79 Å². The van der Waals surface area contributed by atoms with Crippen molar-refractivity contribution in [2.45, 2.75) is 0 Å². The number of rotatable bonds is 3. The lowest BCUT2D eigenvalue weighted by Gasteiger charge is -1.98. The maximum Gasteiger partial charge on any atom is 0.322 e. The molecule has 1 aromatic heterocycles. The van der Waals surface area contributed by atoms with Crippen LogP contribution in [0.15, 0.2) is 12.4 Å². The fraction of sp³-hybridized carbons (Fsp3) is 0.167. The summed E-state index contributed by atoms with van der Waals surface area (Å²) in [6.07, 6.45) is 1.91. The highest BCUT2D eigenvalue weighted by Gasteiger charge is 1.98. The second-order valence-electron chi connectivity index (χ2n) is 1.97. The van der Waals surface area contributed by atoms with Crippen molar-refractivity contribution in [3.8, 4) is 0 Å². The molecular weight excluding hydrogens is 165 g/mol. The quantitative estimate of drug-likeness (QED) is 0.675. The number of aromatic nitrogens is 2. The summed E-state index contributed by atoms with van der Waals surface area (Å²) in [7, 11) is 0. The number of carboxylic acids is 1. The molecule has 1 aromatic rings. The predicted molar refractivity (Wildman–Crippen MR) is 38.1 cm³/mol. The van der Waals surface area contributed by atoms with E-state index in [1.165, 1.54) is 0 Å². The van der Waals surface area contributed by atoms with Gasteiger partial charge in [0, 0.05) is 0 Å². The molecule has 6 heteroatoms. The molecule has 0 unspecified atom stereocenters. The molecule has 0 aliphatic heterocycles. The van der Waals surface area contributed by atoms with E-state index in [1.807, 2.05) is 0 Å². The van der Waals surface area contributed by atoms with Crippen molar-refractivity contribution in [1.29, 1.82) is 0 Å². The largest absolute Gasteiger partial charge is 0.480 e. The van der Waals surface area contributed by atoms with Gasteiger partial charge < -0.3 is 10.4 Å². The van der Waals surface area contributed by atoms with Crippen molar-refractivity contribution in [3.63, 3.8) is 0 Å². The lowest BCUT2D eigenvalue weighted by Crippen LogP contribution is -2.14. The second kappa shape index (κ2) is 3.61. The predicted octanol–water partition coefficient (Wildman–Crippen LogP) is 0.112. The zero-order valence-electron chi connectivity index (χ0n) is 5.99. The third-order valence-electron chi connectivity index (χ3n) is 1.02. The minimum Gasteiger partial charge on any atom is -0.480 e.